The Kier molecular flexibility index (Phi) is 3.53. The van der Waals surface area contributed by atoms with E-state index in [9.17, 15) is 8.78 Å². The van der Waals surface area contributed by atoms with Crippen LogP contribution in [0.2, 0.25) is 0 Å². The molecule has 0 fully saturated rings. The number of ether oxygens (including phenoxy) is 1. The molecule has 0 atom stereocenters. The predicted octanol–water partition coefficient (Wildman–Crippen LogP) is 2.92. The van der Waals surface area contributed by atoms with Gasteiger partial charge in [0.2, 0.25) is 5.88 Å². The van der Waals surface area contributed by atoms with E-state index in [0.29, 0.717) is 12.2 Å². The fraction of sp³-hybridized carbons (Fsp3) is 0.154. The molecule has 3 nitrogen and oxygen atoms in total. The summed E-state index contributed by atoms with van der Waals surface area (Å²) in [5.41, 5.74) is 7.08. The third-order valence-electron chi connectivity index (χ3n) is 2.50. The highest BCUT2D eigenvalue weighted by Gasteiger charge is 2.08. The van der Waals surface area contributed by atoms with Crippen LogP contribution in [0.5, 0.6) is 11.6 Å². The van der Waals surface area contributed by atoms with Gasteiger partial charge < -0.3 is 10.5 Å². The third-order valence-corrected chi connectivity index (χ3v) is 2.50. The molecule has 0 unspecified atom stereocenters. The van der Waals surface area contributed by atoms with E-state index in [1.54, 1.807) is 19.1 Å². The van der Waals surface area contributed by atoms with Crippen LogP contribution < -0.4 is 10.5 Å². The lowest BCUT2D eigenvalue weighted by Crippen LogP contribution is -2.01. The van der Waals surface area contributed by atoms with Crippen LogP contribution in [0.25, 0.3) is 0 Å². The Balaban J connectivity index is 2.28. The molecular formula is C13H12F2N2O. The first-order valence-electron chi connectivity index (χ1n) is 5.39. The smallest absolute Gasteiger partial charge is 0.219 e. The fourth-order valence-corrected chi connectivity index (χ4v) is 1.51. The number of halogens is 2. The summed E-state index contributed by atoms with van der Waals surface area (Å²) in [4.78, 5) is 4.12. The predicted molar refractivity (Wildman–Crippen MR) is 63.3 cm³/mol. The summed E-state index contributed by atoms with van der Waals surface area (Å²) in [5, 5.41) is 0. The monoisotopic (exact) mass is 250 g/mol. The molecule has 0 bridgehead atoms. The molecular weight excluding hydrogens is 238 g/mol. The van der Waals surface area contributed by atoms with Crippen molar-refractivity contribution >= 4 is 0 Å². The van der Waals surface area contributed by atoms with Gasteiger partial charge in [-0.3, -0.25) is 0 Å². The topological polar surface area (TPSA) is 48.1 Å². The fourth-order valence-electron chi connectivity index (χ4n) is 1.51. The van der Waals surface area contributed by atoms with Gasteiger partial charge in [0.05, 0.1) is 0 Å². The second-order valence-corrected chi connectivity index (χ2v) is 3.77. The average molecular weight is 250 g/mol. The number of benzene rings is 1. The third kappa shape index (κ3) is 2.62. The van der Waals surface area contributed by atoms with E-state index in [0.717, 1.165) is 23.8 Å². The van der Waals surface area contributed by atoms with Gasteiger partial charge >= 0.3 is 0 Å². The Hall–Kier alpha value is -2.01. The molecule has 0 radical (unpaired) electrons. The van der Waals surface area contributed by atoms with Crippen LogP contribution in [0.3, 0.4) is 0 Å². The van der Waals surface area contributed by atoms with Crippen LogP contribution >= 0.6 is 0 Å². The number of aromatic nitrogens is 1. The Morgan fingerprint density at radius 2 is 2.00 bits per heavy atom. The van der Waals surface area contributed by atoms with Crippen LogP contribution in [-0.2, 0) is 6.54 Å². The van der Waals surface area contributed by atoms with E-state index >= 15 is 0 Å². The number of hydrogen-bond acceptors (Lipinski definition) is 3. The minimum absolute atomic E-state index is 0.192. The summed E-state index contributed by atoms with van der Waals surface area (Å²) < 4.78 is 31.5. The molecule has 1 heterocycles. The molecule has 2 aromatic rings. The van der Waals surface area contributed by atoms with Gasteiger partial charge in [0, 0.05) is 24.4 Å². The largest absolute Gasteiger partial charge is 0.436 e. The van der Waals surface area contributed by atoms with E-state index < -0.39 is 11.6 Å². The SMILES string of the molecule is Cc1nc(Oc2cc(F)ccc2F)ccc1CN. The zero-order valence-corrected chi connectivity index (χ0v) is 9.78. The molecule has 1 aromatic carbocycles. The van der Waals surface area contributed by atoms with Gasteiger partial charge in [0.1, 0.15) is 5.82 Å². The lowest BCUT2D eigenvalue weighted by Gasteiger charge is -2.08. The van der Waals surface area contributed by atoms with Gasteiger partial charge in [0.25, 0.3) is 0 Å². The van der Waals surface area contributed by atoms with Gasteiger partial charge in [-0.2, -0.15) is 0 Å². The van der Waals surface area contributed by atoms with E-state index in [-0.39, 0.29) is 11.6 Å². The number of nitrogens with zero attached hydrogens (tertiary/aromatic N) is 1. The molecule has 94 valence electrons. The molecule has 2 rings (SSSR count). The van der Waals surface area contributed by atoms with Crippen molar-refractivity contribution in [2.75, 3.05) is 0 Å². The van der Waals surface area contributed by atoms with Gasteiger partial charge in [-0.05, 0) is 24.6 Å². The number of hydrogen-bond donors (Lipinski definition) is 1. The van der Waals surface area contributed by atoms with Gasteiger partial charge in [0.15, 0.2) is 11.6 Å². The van der Waals surface area contributed by atoms with Crippen LogP contribution in [0.1, 0.15) is 11.3 Å². The summed E-state index contributed by atoms with van der Waals surface area (Å²) in [5.74, 6) is -1.20. The zero-order chi connectivity index (χ0) is 13.1. The quantitative estimate of drug-likeness (QED) is 0.911. The standard InChI is InChI=1S/C13H12F2N2O/c1-8-9(7-16)2-5-13(17-8)18-12-6-10(14)3-4-11(12)15/h2-6H,7,16H2,1H3. The number of aryl methyl sites for hydroxylation is 1. The minimum atomic E-state index is -0.640. The van der Waals surface area contributed by atoms with Crippen molar-refractivity contribution in [1.82, 2.24) is 4.98 Å². The second kappa shape index (κ2) is 5.10. The molecule has 0 aliphatic carbocycles. The van der Waals surface area contributed by atoms with Crippen molar-refractivity contribution < 1.29 is 13.5 Å². The van der Waals surface area contributed by atoms with Crippen molar-refractivity contribution in [1.29, 1.82) is 0 Å². The van der Waals surface area contributed by atoms with E-state index in [1.165, 1.54) is 0 Å². The van der Waals surface area contributed by atoms with Gasteiger partial charge in [-0.1, -0.05) is 6.07 Å². The van der Waals surface area contributed by atoms with Crippen molar-refractivity contribution in [3.05, 3.63) is 53.2 Å². The maximum absolute atomic E-state index is 13.4. The first kappa shape index (κ1) is 12.4. The Morgan fingerprint density at radius 3 is 2.67 bits per heavy atom. The molecule has 5 heteroatoms. The number of nitrogens with two attached hydrogens (primary N) is 1. The lowest BCUT2D eigenvalue weighted by molar-refractivity contribution is 0.421. The summed E-state index contributed by atoms with van der Waals surface area (Å²) in [7, 11) is 0. The number of rotatable bonds is 3. The molecule has 1 aromatic heterocycles. The summed E-state index contributed by atoms with van der Waals surface area (Å²) >= 11 is 0. The summed E-state index contributed by atoms with van der Waals surface area (Å²) in [6, 6.07) is 6.32. The Labute approximate surface area is 103 Å². The maximum atomic E-state index is 13.4. The molecule has 0 aliphatic rings. The van der Waals surface area contributed by atoms with Crippen molar-refractivity contribution in [2.24, 2.45) is 5.73 Å². The minimum Gasteiger partial charge on any atom is -0.436 e. The maximum Gasteiger partial charge on any atom is 0.219 e. The van der Waals surface area contributed by atoms with Crippen molar-refractivity contribution in [2.45, 2.75) is 13.5 Å². The molecule has 0 saturated heterocycles. The number of pyridine rings is 1. The normalized spacial score (nSPS) is 10.4. The second-order valence-electron chi connectivity index (χ2n) is 3.77. The van der Waals surface area contributed by atoms with Crippen molar-refractivity contribution in [3.63, 3.8) is 0 Å². The molecule has 18 heavy (non-hydrogen) atoms. The highest BCUT2D eigenvalue weighted by Crippen LogP contribution is 2.24. The van der Waals surface area contributed by atoms with Crippen LogP contribution in [-0.4, -0.2) is 4.98 Å². The average Bonchev–Trinajstić information content (AvgIpc) is 2.34. The zero-order valence-electron chi connectivity index (χ0n) is 9.78. The van der Waals surface area contributed by atoms with E-state index in [1.807, 2.05) is 0 Å². The summed E-state index contributed by atoms with van der Waals surface area (Å²) in [6.07, 6.45) is 0. The first-order valence-corrected chi connectivity index (χ1v) is 5.39. The molecule has 0 saturated carbocycles. The highest BCUT2D eigenvalue weighted by molar-refractivity contribution is 5.31. The Morgan fingerprint density at radius 1 is 1.22 bits per heavy atom. The van der Waals surface area contributed by atoms with Crippen LogP contribution in [0.4, 0.5) is 8.78 Å². The summed E-state index contributed by atoms with van der Waals surface area (Å²) in [6.45, 7) is 2.14. The van der Waals surface area contributed by atoms with Crippen molar-refractivity contribution in [3.8, 4) is 11.6 Å². The van der Waals surface area contributed by atoms with Crippen LogP contribution in [0, 0.1) is 18.6 Å². The van der Waals surface area contributed by atoms with E-state index in [2.05, 4.69) is 4.98 Å². The molecule has 0 aliphatic heterocycles. The first-order chi connectivity index (χ1) is 8.60. The highest BCUT2D eigenvalue weighted by atomic mass is 19.1. The van der Waals surface area contributed by atoms with Crippen LogP contribution in [0.15, 0.2) is 30.3 Å². The van der Waals surface area contributed by atoms with E-state index in [4.69, 9.17) is 10.5 Å². The van der Waals surface area contributed by atoms with Gasteiger partial charge in [-0.25, -0.2) is 13.8 Å². The molecule has 2 N–H and O–H groups in total. The lowest BCUT2D eigenvalue weighted by atomic mass is 10.2. The molecule has 0 spiro atoms. The molecule has 0 amide bonds. The van der Waals surface area contributed by atoms with Gasteiger partial charge in [-0.15, -0.1) is 0 Å². The Bertz CT molecular complexity index is 573.